The number of hydrogen-bond donors (Lipinski definition) is 2. The number of hydrazone groups is 1. The molecule has 2 aliphatic carbocycles. The number of carbonyl (C=O) groups excluding carboxylic acids is 1. The minimum atomic E-state index is -5.84. The second kappa shape index (κ2) is 8.22. The van der Waals surface area contributed by atoms with Gasteiger partial charge in [0.2, 0.25) is 0 Å². The fourth-order valence-electron chi connectivity index (χ4n) is 6.09. The second-order valence-electron chi connectivity index (χ2n) is 11.0. The van der Waals surface area contributed by atoms with Crippen molar-refractivity contribution in [1.29, 1.82) is 0 Å². The number of fused-ring (bicyclic) bond motifs is 3. The van der Waals surface area contributed by atoms with Crippen LogP contribution in [0.3, 0.4) is 0 Å². The summed E-state index contributed by atoms with van der Waals surface area (Å²) < 4.78 is 83.2. The molecule has 200 valence electrons. The van der Waals surface area contributed by atoms with E-state index in [9.17, 15) is 31.1 Å². The van der Waals surface area contributed by atoms with Crippen LogP contribution in [-0.2, 0) is 0 Å². The minimum absolute atomic E-state index is 0.0136. The molecule has 12 heteroatoms. The van der Waals surface area contributed by atoms with Gasteiger partial charge in [0, 0.05) is 23.6 Å². The first-order valence-corrected chi connectivity index (χ1v) is 12.1. The Morgan fingerprint density at radius 2 is 1.84 bits per heavy atom. The van der Waals surface area contributed by atoms with Crippen LogP contribution in [0, 0.1) is 22.6 Å². The highest BCUT2D eigenvalue weighted by atomic mass is 19.4. The molecule has 4 unspecified atom stereocenters. The molecular formula is C25H27F6N5O. The van der Waals surface area contributed by atoms with Gasteiger partial charge < -0.3 is 5.32 Å². The summed E-state index contributed by atoms with van der Waals surface area (Å²) in [6.07, 6.45) is -3.81. The molecular weight excluding hydrogens is 500 g/mol. The zero-order valence-electron chi connectivity index (χ0n) is 20.5. The molecule has 0 saturated heterocycles. The molecule has 0 spiro atoms. The summed E-state index contributed by atoms with van der Waals surface area (Å²) in [5, 5.41) is 11.0. The van der Waals surface area contributed by atoms with Crippen molar-refractivity contribution in [2.45, 2.75) is 70.6 Å². The Bertz CT molecular complexity index is 1250. The van der Waals surface area contributed by atoms with Gasteiger partial charge in [-0.05, 0) is 48.3 Å². The molecule has 1 amide bonds. The predicted octanol–water partition coefficient (Wildman–Crippen LogP) is 6.25. The van der Waals surface area contributed by atoms with Crippen LogP contribution < -0.4 is 10.7 Å². The van der Waals surface area contributed by atoms with Gasteiger partial charge in [0.1, 0.15) is 17.7 Å². The first-order valence-electron chi connectivity index (χ1n) is 12.1. The number of halogens is 6. The molecule has 2 aromatic rings. The highest BCUT2D eigenvalue weighted by Gasteiger charge is 2.64. The summed E-state index contributed by atoms with van der Waals surface area (Å²) in [5.41, 5.74) is 3.06. The number of hydrogen-bond acceptors (Lipinski definition) is 4. The van der Waals surface area contributed by atoms with Gasteiger partial charge >= 0.3 is 12.1 Å². The van der Waals surface area contributed by atoms with Gasteiger partial charge in [-0.2, -0.15) is 32.2 Å². The molecule has 37 heavy (non-hydrogen) atoms. The van der Waals surface area contributed by atoms with E-state index in [0.717, 1.165) is 43.2 Å². The van der Waals surface area contributed by atoms with Gasteiger partial charge in [-0.3, -0.25) is 4.79 Å². The van der Waals surface area contributed by atoms with E-state index in [1.54, 1.807) is 0 Å². The van der Waals surface area contributed by atoms with E-state index in [0.29, 0.717) is 16.2 Å². The topological polar surface area (TPSA) is 71.3 Å². The molecule has 4 atom stereocenters. The molecule has 0 radical (unpaired) electrons. The Morgan fingerprint density at radius 3 is 2.41 bits per heavy atom. The molecule has 2 saturated carbocycles. The number of anilines is 1. The van der Waals surface area contributed by atoms with E-state index < -0.39 is 42.3 Å². The highest BCUT2D eigenvalue weighted by molar-refractivity contribution is 5.97. The van der Waals surface area contributed by atoms with Crippen LogP contribution in [0.2, 0.25) is 0 Å². The Morgan fingerprint density at radius 1 is 1.16 bits per heavy atom. The molecule has 1 aromatic heterocycles. The second-order valence-corrected chi connectivity index (χ2v) is 11.0. The summed E-state index contributed by atoms with van der Waals surface area (Å²) >= 11 is 0. The van der Waals surface area contributed by atoms with E-state index in [-0.39, 0.29) is 22.3 Å². The standard InChI is InChI=1S/C25H27F6N5O/c1-22(2)14-8-9-23(22,3)18(10-14)33-34-21(37)17-12-20-32-16(13-4-6-15(26)7-5-13)11-19(36(20)35-17)24(27,28)25(29,30)31/h4-7,12,14,16,19,32H,8-11H2,1-3H3,(H,34,37). The van der Waals surface area contributed by atoms with Crippen molar-refractivity contribution in [2.24, 2.45) is 21.8 Å². The first-order chi connectivity index (χ1) is 17.1. The smallest absolute Gasteiger partial charge is 0.363 e. The molecule has 1 aliphatic heterocycles. The van der Waals surface area contributed by atoms with Gasteiger partial charge in [-0.1, -0.05) is 32.9 Å². The molecule has 3 aliphatic rings. The van der Waals surface area contributed by atoms with Crippen molar-refractivity contribution >= 4 is 17.4 Å². The Kier molecular flexibility index (Phi) is 5.69. The van der Waals surface area contributed by atoms with Crippen molar-refractivity contribution in [3.63, 3.8) is 0 Å². The zero-order valence-corrected chi connectivity index (χ0v) is 20.5. The summed E-state index contributed by atoms with van der Waals surface area (Å²) in [5.74, 6) is -6.26. The molecule has 2 N–H and O–H groups in total. The van der Waals surface area contributed by atoms with E-state index >= 15 is 0 Å². The van der Waals surface area contributed by atoms with Crippen molar-refractivity contribution in [3.05, 3.63) is 47.4 Å². The van der Waals surface area contributed by atoms with Gasteiger partial charge in [-0.15, -0.1) is 0 Å². The van der Waals surface area contributed by atoms with Crippen LogP contribution in [0.4, 0.5) is 32.2 Å². The number of alkyl halides is 5. The van der Waals surface area contributed by atoms with Crippen molar-refractivity contribution in [1.82, 2.24) is 15.2 Å². The maximum absolute atomic E-state index is 14.6. The van der Waals surface area contributed by atoms with Crippen LogP contribution in [0.5, 0.6) is 0 Å². The quantitative estimate of drug-likeness (QED) is 0.365. The van der Waals surface area contributed by atoms with Gasteiger partial charge in [0.15, 0.2) is 5.69 Å². The molecule has 2 heterocycles. The highest BCUT2D eigenvalue weighted by Crippen LogP contribution is 2.64. The number of benzene rings is 1. The van der Waals surface area contributed by atoms with Crippen molar-refractivity contribution < 1.29 is 31.1 Å². The molecule has 6 nitrogen and oxygen atoms in total. The SMILES string of the molecule is CC12CCC(CC1=NNC(=O)c1cc3n(n1)C(C(F)(F)C(F)(F)F)CC(c1ccc(F)cc1)N3)C2(C)C. The largest absolute Gasteiger partial charge is 0.455 e. The minimum Gasteiger partial charge on any atom is -0.363 e. The number of aromatic nitrogens is 2. The first kappa shape index (κ1) is 25.6. The van der Waals surface area contributed by atoms with Gasteiger partial charge in [0.05, 0.1) is 6.04 Å². The fourth-order valence-corrected chi connectivity index (χ4v) is 6.09. The predicted molar refractivity (Wildman–Crippen MR) is 124 cm³/mol. The molecule has 2 fully saturated rings. The van der Waals surface area contributed by atoms with Crippen LogP contribution in [0.1, 0.15) is 74.6 Å². The summed E-state index contributed by atoms with van der Waals surface area (Å²) in [4.78, 5) is 12.9. The lowest BCUT2D eigenvalue weighted by Gasteiger charge is -2.37. The maximum Gasteiger partial charge on any atom is 0.455 e. The number of nitrogens with zero attached hydrogens (tertiary/aromatic N) is 3. The van der Waals surface area contributed by atoms with E-state index in [1.807, 2.05) is 0 Å². The number of carbonyl (C=O) groups is 1. The summed E-state index contributed by atoms with van der Waals surface area (Å²) in [6, 6.07) is 2.51. The number of rotatable bonds is 4. The third-order valence-electron chi connectivity index (χ3n) is 8.92. The van der Waals surface area contributed by atoms with E-state index in [4.69, 9.17) is 0 Å². The zero-order chi connectivity index (χ0) is 27.0. The van der Waals surface area contributed by atoms with Crippen molar-refractivity contribution in [2.75, 3.05) is 5.32 Å². The molecule has 1 aromatic carbocycles. The average molecular weight is 528 g/mol. The molecule has 5 rings (SSSR count). The van der Waals surface area contributed by atoms with E-state index in [2.05, 4.69) is 41.7 Å². The van der Waals surface area contributed by atoms with Gasteiger partial charge in [0.25, 0.3) is 5.91 Å². The summed E-state index contributed by atoms with van der Waals surface area (Å²) in [7, 11) is 0. The van der Waals surface area contributed by atoms with Crippen LogP contribution in [0.25, 0.3) is 0 Å². The summed E-state index contributed by atoms with van der Waals surface area (Å²) in [6.45, 7) is 6.44. The van der Waals surface area contributed by atoms with Crippen LogP contribution in [0.15, 0.2) is 35.4 Å². The van der Waals surface area contributed by atoms with Crippen LogP contribution in [-0.4, -0.2) is 33.5 Å². The lowest BCUT2D eigenvalue weighted by atomic mass is 9.70. The lowest BCUT2D eigenvalue weighted by molar-refractivity contribution is -0.301. The average Bonchev–Trinajstić information content (AvgIpc) is 3.41. The number of nitrogens with one attached hydrogen (secondary N) is 2. The van der Waals surface area contributed by atoms with Crippen molar-refractivity contribution in [3.8, 4) is 0 Å². The molecule has 2 bridgehead atoms. The third-order valence-corrected chi connectivity index (χ3v) is 8.92. The fraction of sp³-hybridized carbons (Fsp3) is 0.560. The Labute approximate surface area is 209 Å². The third kappa shape index (κ3) is 3.90. The van der Waals surface area contributed by atoms with Gasteiger partial charge in [-0.25, -0.2) is 14.5 Å². The Balaban J connectivity index is 1.44. The Hall–Kier alpha value is -3.05. The van der Waals surface area contributed by atoms with Crippen LogP contribution >= 0.6 is 0 Å². The normalized spacial score (nSPS) is 29.8. The van der Waals surface area contributed by atoms with E-state index in [1.165, 1.54) is 12.1 Å². The monoisotopic (exact) mass is 527 g/mol. The maximum atomic E-state index is 14.6. The number of amides is 1. The lowest BCUT2D eigenvalue weighted by Crippen LogP contribution is -2.47.